The molecule has 2 heteroatoms. The van der Waals surface area contributed by atoms with Crippen molar-refractivity contribution >= 4 is 32.4 Å². The zero-order chi connectivity index (χ0) is 14.4. The molecule has 0 bridgehead atoms. The summed E-state index contributed by atoms with van der Waals surface area (Å²) in [6, 6.07) is 17.0. The molecule has 0 fully saturated rings. The van der Waals surface area contributed by atoms with E-state index in [9.17, 15) is 0 Å². The monoisotopic (exact) mass is 272 g/mol. The second-order valence-electron chi connectivity index (χ2n) is 5.74. The van der Waals surface area contributed by atoms with Gasteiger partial charge in [0.25, 0.3) is 0 Å². The summed E-state index contributed by atoms with van der Waals surface area (Å²) in [5.41, 5.74) is 1.06. The minimum Gasteiger partial charge on any atom is -0.240 e. The van der Waals surface area contributed by atoms with Gasteiger partial charge in [-0.2, -0.15) is 0 Å². The highest BCUT2D eigenvalue weighted by atomic mass is 14.9. The van der Waals surface area contributed by atoms with Crippen molar-refractivity contribution in [1.82, 2.24) is 9.97 Å². The standard InChI is InChI=1S/C19H16N2/c1-12(2)19-20-11-17-15-9-4-3-7-13(15)14-8-5-6-10-16(14)18(17)21-19/h3-12H,1-2H3. The normalized spacial score (nSPS) is 11.8. The van der Waals surface area contributed by atoms with Crippen LogP contribution >= 0.6 is 0 Å². The predicted octanol–water partition coefficient (Wildman–Crippen LogP) is 5.06. The summed E-state index contributed by atoms with van der Waals surface area (Å²) in [4.78, 5) is 9.39. The summed E-state index contributed by atoms with van der Waals surface area (Å²) in [5.74, 6) is 1.24. The van der Waals surface area contributed by atoms with Gasteiger partial charge in [-0.15, -0.1) is 0 Å². The molecule has 0 aliphatic heterocycles. The van der Waals surface area contributed by atoms with Gasteiger partial charge in [0.2, 0.25) is 0 Å². The maximum atomic E-state index is 4.84. The van der Waals surface area contributed by atoms with Gasteiger partial charge in [-0.05, 0) is 16.2 Å². The number of hydrogen-bond acceptors (Lipinski definition) is 2. The molecule has 0 spiro atoms. The summed E-state index contributed by atoms with van der Waals surface area (Å²) >= 11 is 0. The Kier molecular flexibility index (Phi) is 2.64. The third-order valence-electron chi connectivity index (χ3n) is 4.01. The lowest BCUT2D eigenvalue weighted by molar-refractivity contribution is 0.783. The average molecular weight is 272 g/mol. The maximum Gasteiger partial charge on any atom is 0.131 e. The number of fused-ring (bicyclic) bond motifs is 6. The maximum absolute atomic E-state index is 4.84. The van der Waals surface area contributed by atoms with Crippen LogP contribution in [0.25, 0.3) is 32.4 Å². The molecule has 0 saturated carbocycles. The smallest absolute Gasteiger partial charge is 0.131 e. The fourth-order valence-corrected chi connectivity index (χ4v) is 2.95. The summed E-state index contributed by atoms with van der Waals surface area (Å²) in [6.07, 6.45) is 1.98. The number of hydrogen-bond donors (Lipinski definition) is 0. The van der Waals surface area contributed by atoms with E-state index in [1.165, 1.54) is 21.5 Å². The van der Waals surface area contributed by atoms with Gasteiger partial charge in [0.15, 0.2) is 0 Å². The second-order valence-corrected chi connectivity index (χ2v) is 5.74. The zero-order valence-electron chi connectivity index (χ0n) is 12.2. The molecule has 0 atom stereocenters. The van der Waals surface area contributed by atoms with Crippen molar-refractivity contribution in [2.45, 2.75) is 19.8 Å². The second kappa shape index (κ2) is 4.52. The van der Waals surface area contributed by atoms with Crippen molar-refractivity contribution in [2.24, 2.45) is 0 Å². The van der Waals surface area contributed by atoms with Gasteiger partial charge >= 0.3 is 0 Å². The first-order chi connectivity index (χ1) is 10.3. The molecule has 21 heavy (non-hydrogen) atoms. The van der Waals surface area contributed by atoms with Crippen LogP contribution in [0.3, 0.4) is 0 Å². The average Bonchev–Trinajstić information content (AvgIpc) is 2.54. The van der Waals surface area contributed by atoms with Crippen LogP contribution < -0.4 is 0 Å². The first-order valence-corrected chi connectivity index (χ1v) is 7.32. The van der Waals surface area contributed by atoms with E-state index < -0.39 is 0 Å². The van der Waals surface area contributed by atoms with Gasteiger partial charge in [-0.3, -0.25) is 0 Å². The molecule has 0 radical (unpaired) electrons. The van der Waals surface area contributed by atoms with Crippen molar-refractivity contribution in [3.63, 3.8) is 0 Å². The first-order valence-electron chi connectivity index (χ1n) is 7.32. The molecular weight excluding hydrogens is 256 g/mol. The summed E-state index contributed by atoms with van der Waals surface area (Å²) < 4.78 is 0. The minimum absolute atomic E-state index is 0.333. The van der Waals surface area contributed by atoms with Crippen LogP contribution in [-0.4, -0.2) is 9.97 Å². The van der Waals surface area contributed by atoms with Crippen LogP contribution in [-0.2, 0) is 0 Å². The van der Waals surface area contributed by atoms with Crippen LogP contribution in [0.2, 0.25) is 0 Å². The van der Waals surface area contributed by atoms with Crippen LogP contribution in [0.1, 0.15) is 25.6 Å². The number of rotatable bonds is 1. The molecule has 2 nitrogen and oxygen atoms in total. The Morgan fingerprint density at radius 3 is 1.86 bits per heavy atom. The molecule has 0 unspecified atom stereocenters. The Bertz CT molecular complexity index is 936. The Morgan fingerprint density at radius 2 is 1.24 bits per heavy atom. The van der Waals surface area contributed by atoms with Crippen molar-refractivity contribution in [3.05, 3.63) is 60.6 Å². The largest absolute Gasteiger partial charge is 0.240 e. The Balaban J connectivity index is 2.30. The fourth-order valence-electron chi connectivity index (χ4n) is 2.95. The van der Waals surface area contributed by atoms with Crippen molar-refractivity contribution < 1.29 is 0 Å². The summed E-state index contributed by atoms with van der Waals surface area (Å²) in [6.45, 7) is 4.26. The molecule has 102 valence electrons. The molecule has 4 aromatic rings. The molecule has 1 aromatic heterocycles. The van der Waals surface area contributed by atoms with Gasteiger partial charge in [-0.1, -0.05) is 62.4 Å². The molecule has 4 rings (SSSR count). The molecule has 3 aromatic carbocycles. The van der Waals surface area contributed by atoms with Gasteiger partial charge < -0.3 is 0 Å². The molecule has 0 aliphatic carbocycles. The van der Waals surface area contributed by atoms with Gasteiger partial charge in [0, 0.05) is 22.9 Å². The third kappa shape index (κ3) is 1.79. The molecule has 0 aliphatic rings. The SMILES string of the molecule is CC(C)c1ncc2c3ccccc3c3ccccc3c2n1. The van der Waals surface area contributed by atoms with Crippen molar-refractivity contribution in [3.8, 4) is 0 Å². The zero-order valence-corrected chi connectivity index (χ0v) is 12.2. The molecular formula is C19H16N2. The summed E-state index contributed by atoms with van der Waals surface area (Å²) in [7, 11) is 0. The van der Waals surface area contributed by atoms with Gasteiger partial charge in [0.05, 0.1) is 5.52 Å². The lowest BCUT2D eigenvalue weighted by Gasteiger charge is -2.11. The van der Waals surface area contributed by atoms with Crippen molar-refractivity contribution in [2.75, 3.05) is 0 Å². The van der Waals surface area contributed by atoms with E-state index in [0.717, 1.165) is 16.7 Å². The van der Waals surface area contributed by atoms with E-state index >= 15 is 0 Å². The highest BCUT2D eigenvalue weighted by molar-refractivity contribution is 6.23. The number of benzene rings is 3. The molecule has 0 saturated heterocycles. The van der Waals surface area contributed by atoms with Crippen LogP contribution in [0.5, 0.6) is 0 Å². The van der Waals surface area contributed by atoms with E-state index in [1.807, 2.05) is 6.20 Å². The molecule has 1 heterocycles. The van der Waals surface area contributed by atoms with E-state index in [4.69, 9.17) is 4.98 Å². The molecule has 0 N–H and O–H groups in total. The van der Waals surface area contributed by atoms with E-state index in [0.29, 0.717) is 5.92 Å². The summed E-state index contributed by atoms with van der Waals surface area (Å²) in [5, 5.41) is 6.08. The van der Waals surface area contributed by atoms with E-state index in [1.54, 1.807) is 0 Å². The number of nitrogens with zero attached hydrogens (tertiary/aromatic N) is 2. The lowest BCUT2D eigenvalue weighted by atomic mass is 9.98. The quantitative estimate of drug-likeness (QED) is 0.453. The lowest BCUT2D eigenvalue weighted by Crippen LogP contribution is -1.98. The van der Waals surface area contributed by atoms with Crippen LogP contribution in [0.4, 0.5) is 0 Å². The minimum atomic E-state index is 0.333. The van der Waals surface area contributed by atoms with Gasteiger partial charge in [-0.25, -0.2) is 9.97 Å². The van der Waals surface area contributed by atoms with E-state index in [2.05, 4.69) is 67.4 Å². The van der Waals surface area contributed by atoms with Crippen molar-refractivity contribution in [1.29, 1.82) is 0 Å². The highest BCUT2D eigenvalue weighted by Crippen LogP contribution is 2.33. The third-order valence-corrected chi connectivity index (χ3v) is 4.01. The van der Waals surface area contributed by atoms with Gasteiger partial charge in [0.1, 0.15) is 5.82 Å². The fraction of sp³-hybridized carbons (Fsp3) is 0.158. The highest BCUT2D eigenvalue weighted by Gasteiger charge is 2.11. The predicted molar refractivity (Wildman–Crippen MR) is 88.6 cm³/mol. The van der Waals surface area contributed by atoms with Crippen LogP contribution in [0.15, 0.2) is 54.7 Å². The number of aromatic nitrogens is 2. The van der Waals surface area contributed by atoms with Crippen LogP contribution in [0, 0.1) is 0 Å². The Morgan fingerprint density at radius 1 is 0.714 bits per heavy atom. The first kappa shape index (κ1) is 12.3. The van der Waals surface area contributed by atoms with E-state index in [-0.39, 0.29) is 0 Å². The Hall–Kier alpha value is -2.48. The topological polar surface area (TPSA) is 25.8 Å². The Labute approximate surface area is 123 Å². The molecule has 0 amide bonds.